The van der Waals surface area contributed by atoms with Gasteiger partial charge in [-0.25, -0.2) is 9.59 Å². The minimum absolute atomic E-state index is 0.360. The second-order valence-electron chi connectivity index (χ2n) is 6.87. The maximum atomic E-state index is 12.2. The first-order valence-electron chi connectivity index (χ1n) is 6.64. The van der Waals surface area contributed by atoms with E-state index >= 15 is 0 Å². The summed E-state index contributed by atoms with van der Waals surface area (Å²) in [5, 5.41) is 10.1. The highest BCUT2D eigenvalue weighted by atomic mass is 16.6. The number of methoxy groups -OCH3 is 1. The summed E-state index contributed by atoms with van der Waals surface area (Å²) in [5.41, 5.74) is -2.87. The number of esters is 1. The monoisotopic (exact) mass is 287 g/mol. The molecule has 0 aromatic carbocycles. The number of ether oxygens (including phenoxy) is 2. The number of carbonyl (C=O) groups is 2. The SMILES string of the molecule is COC(=O)C1(N(C)C(=O)OC(C)(C)C)C[C@H]1C(C)(C)O. The van der Waals surface area contributed by atoms with Crippen LogP contribution in [0, 0.1) is 5.92 Å². The van der Waals surface area contributed by atoms with E-state index in [1.54, 1.807) is 34.6 Å². The van der Waals surface area contributed by atoms with Gasteiger partial charge in [0.05, 0.1) is 12.7 Å². The highest BCUT2D eigenvalue weighted by molar-refractivity contribution is 5.89. The van der Waals surface area contributed by atoms with Gasteiger partial charge in [0.1, 0.15) is 11.1 Å². The number of nitrogens with zero attached hydrogens (tertiary/aromatic N) is 1. The first-order valence-corrected chi connectivity index (χ1v) is 6.64. The standard InChI is InChI=1S/C14H25NO5/c1-12(2,3)20-11(17)15(6)14(10(16)19-7)8-9(14)13(4,5)18/h9,18H,8H2,1-7H3/t9-,14?/m0/s1. The van der Waals surface area contributed by atoms with Crippen molar-refractivity contribution in [3.63, 3.8) is 0 Å². The van der Waals surface area contributed by atoms with E-state index in [0.29, 0.717) is 6.42 Å². The summed E-state index contributed by atoms with van der Waals surface area (Å²) in [6.07, 6.45) is -0.242. The summed E-state index contributed by atoms with van der Waals surface area (Å²) in [6.45, 7) is 8.49. The van der Waals surface area contributed by atoms with Gasteiger partial charge in [0, 0.05) is 13.0 Å². The Kier molecular flexibility index (Phi) is 4.11. The lowest BCUT2D eigenvalue weighted by atomic mass is 9.98. The van der Waals surface area contributed by atoms with Crippen LogP contribution in [0.3, 0.4) is 0 Å². The van der Waals surface area contributed by atoms with Crippen LogP contribution in [0.5, 0.6) is 0 Å². The first kappa shape index (κ1) is 16.8. The molecule has 1 rings (SSSR count). The molecule has 6 heteroatoms. The molecule has 0 spiro atoms. The number of hydrogen-bond donors (Lipinski definition) is 1. The van der Waals surface area contributed by atoms with Crippen molar-refractivity contribution in [1.82, 2.24) is 4.90 Å². The van der Waals surface area contributed by atoms with Crippen LogP contribution in [0.25, 0.3) is 0 Å². The molecule has 0 aromatic rings. The van der Waals surface area contributed by atoms with Crippen molar-refractivity contribution >= 4 is 12.1 Å². The number of rotatable bonds is 3. The number of hydrogen-bond acceptors (Lipinski definition) is 5. The summed E-state index contributed by atoms with van der Waals surface area (Å²) in [5.74, 6) is -0.905. The molecule has 1 saturated carbocycles. The molecule has 0 aliphatic heterocycles. The zero-order valence-electron chi connectivity index (χ0n) is 13.3. The fourth-order valence-corrected chi connectivity index (χ4v) is 2.49. The van der Waals surface area contributed by atoms with Gasteiger partial charge in [-0.2, -0.15) is 0 Å². The molecule has 1 unspecified atom stereocenters. The molecule has 0 radical (unpaired) electrons. The van der Waals surface area contributed by atoms with Crippen LogP contribution in [0.4, 0.5) is 4.79 Å². The summed E-state index contributed by atoms with van der Waals surface area (Å²) in [7, 11) is 2.77. The van der Waals surface area contributed by atoms with Crippen LogP contribution >= 0.6 is 0 Å². The molecule has 0 saturated heterocycles. The molecule has 20 heavy (non-hydrogen) atoms. The number of likely N-dealkylation sites (N-methyl/N-ethyl adjacent to an activating group) is 1. The zero-order valence-corrected chi connectivity index (χ0v) is 13.3. The van der Waals surface area contributed by atoms with Crippen LogP contribution in [-0.2, 0) is 14.3 Å². The number of carbonyl (C=O) groups excluding carboxylic acids is 2. The van der Waals surface area contributed by atoms with Crippen LogP contribution in [0.1, 0.15) is 41.0 Å². The van der Waals surface area contributed by atoms with Gasteiger partial charge in [-0.05, 0) is 41.0 Å². The molecular weight excluding hydrogens is 262 g/mol. The highest BCUT2D eigenvalue weighted by Crippen LogP contribution is 2.54. The second kappa shape index (κ2) is 4.91. The molecule has 1 aliphatic rings. The van der Waals surface area contributed by atoms with Crippen LogP contribution in [-0.4, -0.2) is 53.0 Å². The number of aliphatic hydroxyl groups is 1. The molecular formula is C14H25NO5. The lowest BCUT2D eigenvalue weighted by Crippen LogP contribution is -2.51. The average Bonchev–Trinajstić information content (AvgIpc) is 3.00. The molecule has 6 nitrogen and oxygen atoms in total. The van der Waals surface area contributed by atoms with Gasteiger partial charge in [-0.15, -0.1) is 0 Å². The molecule has 0 heterocycles. The molecule has 1 amide bonds. The van der Waals surface area contributed by atoms with E-state index in [2.05, 4.69) is 0 Å². The maximum absolute atomic E-state index is 12.2. The maximum Gasteiger partial charge on any atom is 0.411 e. The third-order valence-corrected chi connectivity index (χ3v) is 3.59. The minimum Gasteiger partial charge on any atom is -0.467 e. The Balaban J connectivity index is 2.99. The van der Waals surface area contributed by atoms with E-state index in [-0.39, 0.29) is 5.92 Å². The predicted octanol–water partition coefficient (Wildman–Crippen LogP) is 1.56. The van der Waals surface area contributed by atoms with Gasteiger partial charge in [-0.3, -0.25) is 4.90 Å². The Hall–Kier alpha value is -1.30. The van der Waals surface area contributed by atoms with Crippen LogP contribution in [0.2, 0.25) is 0 Å². The van der Waals surface area contributed by atoms with E-state index in [4.69, 9.17) is 9.47 Å². The first-order chi connectivity index (χ1) is 8.86. The normalized spacial score (nSPS) is 25.9. The molecule has 2 atom stereocenters. The largest absolute Gasteiger partial charge is 0.467 e. The van der Waals surface area contributed by atoms with E-state index in [9.17, 15) is 14.7 Å². The van der Waals surface area contributed by atoms with Crippen LogP contribution < -0.4 is 0 Å². The van der Waals surface area contributed by atoms with Crippen molar-refractivity contribution in [3.8, 4) is 0 Å². The number of amides is 1. The zero-order chi connectivity index (χ0) is 15.9. The Morgan fingerprint density at radius 2 is 1.75 bits per heavy atom. The van der Waals surface area contributed by atoms with Gasteiger partial charge < -0.3 is 14.6 Å². The van der Waals surface area contributed by atoms with Crippen molar-refractivity contribution in [2.24, 2.45) is 5.92 Å². The summed E-state index contributed by atoms with van der Waals surface area (Å²) < 4.78 is 10.1. The summed E-state index contributed by atoms with van der Waals surface area (Å²) in [6, 6.07) is 0. The topological polar surface area (TPSA) is 76.1 Å². The molecule has 1 fully saturated rings. The van der Waals surface area contributed by atoms with Crippen molar-refractivity contribution in [1.29, 1.82) is 0 Å². The Bertz CT molecular complexity index is 407. The van der Waals surface area contributed by atoms with Crippen molar-refractivity contribution < 1.29 is 24.2 Å². The predicted molar refractivity (Wildman–Crippen MR) is 73.1 cm³/mol. The molecule has 116 valence electrons. The third kappa shape index (κ3) is 3.06. The second-order valence-corrected chi connectivity index (χ2v) is 6.87. The van der Waals surface area contributed by atoms with Gasteiger partial charge in [0.15, 0.2) is 0 Å². The summed E-state index contributed by atoms with van der Waals surface area (Å²) in [4.78, 5) is 25.5. The van der Waals surface area contributed by atoms with E-state index in [1.165, 1.54) is 19.1 Å². The van der Waals surface area contributed by atoms with Crippen molar-refractivity contribution in [3.05, 3.63) is 0 Å². The van der Waals surface area contributed by atoms with Gasteiger partial charge in [-0.1, -0.05) is 0 Å². The third-order valence-electron chi connectivity index (χ3n) is 3.59. The van der Waals surface area contributed by atoms with E-state index in [1.807, 2.05) is 0 Å². The van der Waals surface area contributed by atoms with E-state index < -0.39 is 28.8 Å². The van der Waals surface area contributed by atoms with Crippen LogP contribution in [0.15, 0.2) is 0 Å². The summed E-state index contributed by atoms with van der Waals surface area (Å²) >= 11 is 0. The molecule has 0 bridgehead atoms. The fourth-order valence-electron chi connectivity index (χ4n) is 2.49. The fraction of sp³-hybridized carbons (Fsp3) is 0.857. The van der Waals surface area contributed by atoms with Gasteiger partial charge in [0.25, 0.3) is 0 Å². The quantitative estimate of drug-likeness (QED) is 0.797. The Labute approximate surface area is 120 Å². The smallest absolute Gasteiger partial charge is 0.411 e. The molecule has 1 N–H and O–H groups in total. The molecule has 0 aromatic heterocycles. The van der Waals surface area contributed by atoms with Gasteiger partial charge in [0.2, 0.25) is 0 Å². The lowest BCUT2D eigenvalue weighted by Gasteiger charge is -2.32. The average molecular weight is 287 g/mol. The van der Waals surface area contributed by atoms with E-state index in [0.717, 1.165) is 0 Å². The Morgan fingerprint density at radius 3 is 2.05 bits per heavy atom. The van der Waals surface area contributed by atoms with Crippen molar-refractivity contribution in [2.75, 3.05) is 14.2 Å². The highest BCUT2D eigenvalue weighted by Gasteiger charge is 2.70. The minimum atomic E-state index is -1.14. The van der Waals surface area contributed by atoms with Crippen molar-refractivity contribution in [2.45, 2.75) is 57.8 Å². The van der Waals surface area contributed by atoms with Gasteiger partial charge >= 0.3 is 12.1 Å². The lowest BCUT2D eigenvalue weighted by molar-refractivity contribution is -0.150. The molecule has 1 aliphatic carbocycles. The Morgan fingerprint density at radius 1 is 1.25 bits per heavy atom.